The minimum absolute atomic E-state index is 0.204. The zero-order valence-corrected chi connectivity index (χ0v) is 13.0. The van der Waals surface area contributed by atoms with Gasteiger partial charge in [-0.25, -0.2) is 4.98 Å². The van der Waals surface area contributed by atoms with Crippen molar-refractivity contribution >= 4 is 5.91 Å². The number of hydrogen-bond acceptors (Lipinski definition) is 5. The molecule has 0 spiro atoms. The number of likely N-dealkylation sites (tertiary alicyclic amines) is 2. The number of carbonyl (C=O) groups excluding carboxylic acids is 1. The molecule has 7 heteroatoms. The van der Waals surface area contributed by atoms with Crippen LogP contribution >= 0.6 is 0 Å². The minimum atomic E-state index is -0.504. The molecule has 2 aliphatic rings. The van der Waals surface area contributed by atoms with E-state index >= 15 is 0 Å². The lowest BCUT2D eigenvalue weighted by Gasteiger charge is -2.36. The number of imidazole rings is 1. The summed E-state index contributed by atoms with van der Waals surface area (Å²) < 4.78 is 0. The number of carbonyl (C=O) groups is 1. The predicted molar refractivity (Wildman–Crippen MR) is 82.6 cm³/mol. The largest absolute Gasteiger partial charge is 0.390 e. The van der Waals surface area contributed by atoms with E-state index in [1.807, 2.05) is 0 Å². The molecular formula is C15H25N5O2. The zero-order valence-electron chi connectivity index (χ0n) is 13.0. The van der Waals surface area contributed by atoms with Crippen molar-refractivity contribution in [2.24, 2.45) is 0 Å². The highest BCUT2D eigenvalue weighted by atomic mass is 16.3. The summed E-state index contributed by atoms with van der Waals surface area (Å²) in [5.74, 6) is -0.204. The Labute approximate surface area is 130 Å². The molecule has 0 aromatic carbocycles. The van der Waals surface area contributed by atoms with Gasteiger partial charge >= 0.3 is 0 Å². The maximum atomic E-state index is 12.1. The normalized spacial score (nSPS) is 28.1. The molecule has 1 aromatic heterocycles. The maximum Gasteiger partial charge on any atom is 0.269 e. The monoisotopic (exact) mass is 307 g/mol. The Hall–Kier alpha value is -1.44. The zero-order chi connectivity index (χ0) is 15.5. The Balaban J connectivity index is 1.52. The summed E-state index contributed by atoms with van der Waals surface area (Å²) in [5.41, 5.74) is 0.432. The van der Waals surface area contributed by atoms with Gasteiger partial charge in [-0.05, 0) is 32.5 Å². The first-order chi connectivity index (χ1) is 10.7. The summed E-state index contributed by atoms with van der Waals surface area (Å²) in [6.45, 7) is 6.92. The number of aliphatic hydroxyl groups is 1. The average molecular weight is 307 g/mol. The Morgan fingerprint density at radius 2 is 2.23 bits per heavy atom. The highest BCUT2D eigenvalue weighted by Crippen LogP contribution is 2.21. The lowest BCUT2D eigenvalue weighted by Crippen LogP contribution is -2.45. The number of amides is 1. The summed E-state index contributed by atoms with van der Waals surface area (Å²) in [7, 11) is 0. The molecule has 0 aliphatic carbocycles. The van der Waals surface area contributed by atoms with Crippen molar-refractivity contribution in [1.29, 1.82) is 0 Å². The third kappa shape index (κ3) is 3.31. The number of H-pyrrole nitrogens is 1. The smallest absolute Gasteiger partial charge is 0.269 e. The van der Waals surface area contributed by atoms with E-state index in [0.29, 0.717) is 18.3 Å². The van der Waals surface area contributed by atoms with Crippen LogP contribution in [0.4, 0.5) is 0 Å². The quantitative estimate of drug-likeness (QED) is 0.709. The number of aromatic nitrogens is 2. The molecule has 2 saturated heterocycles. The Morgan fingerprint density at radius 3 is 2.86 bits per heavy atom. The van der Waals surface area contributed by atoms with Crippen molar-refractivity contribution < 1.29 is 9.90 Å². The summed E-state index contributed by atoms with van der Waals surface area (Å²) in [6, 6.07) is 0.312. The van der Waals surface area contributed by atoms with E-state index in [2.05, 4.69) is 32.0 Å². The second-order valence-electron chi connectivity index (χ2n) is 6.23. The van der Waals surface area contributed by atoms with Gasteiger partial charge in [-0.2, -0.15) is 0 Å². The molecule has 0 unspecified atom stereocenters. The number of β-amino-alcohol motifs (C(OH)–C–C–N with tert-alkyl or cyclic N) is 1. The van der Waals surface area contributed by atoms with Gasteiger partial charge in [-0.15, -0.1) is 0 Å². The van der Waals surface area contributed by atoms with E-state index in [1.165, 1.54) is 12.5 Å². The van der Waals surface area contributed by atoms with Gasteiger partial charge in [-0.1, -0.05) is 6.92 Å². The minimum Gasteiger partial charge on any atom is -0.390 e. The van der Waals surface area contributed by atoms with Gasteiger partial charge in [0.1, 0.15) is 5.69 Å². The van der Waals surface area contributed by atoms with Crippen molar-refractivity contribution in [2.75, 3.05) is 32.7 Å². The van der Waals surface area contributed by atoms with Gasteiger partial charge in [-0.3, -0.25) is 9.69 Å². The Morgan fingerprint density at radius 1 is 1.45 bits per heavy atom. The SMILES string of the molecule is CCN1CCC(N2C[C@@H](O)[C@H](NC(=O)c3cnc[nH]3)C2)CC1. The fourth-order valence-electron chi connectivity index (χ4n) is 3.48. The molecule has 122 valence electrons. The molecule has 0 bridgehead atoms. The van der Waals surface area contributed by atoms with Crippen LogP contribution in [-0.4, -0.2) is 81.7 Å². The van der Waals surface area contributed by atoms with Crippen LogP contribution in [0.3, 0.4) is 0 Å². The van der Waals surface area contributed by atoms with Gasteiger partial charge < -0.3 is 20.3 Å². The fraction of sp³-hybridized carbons (Fsp3) is 0.733. The number of rotatable bonds is 4. The number of hydrogen-bond donors (Lipinski definition) is 3. The third-order valence-corrected chi connectivity index (χ3v) is 4.90. The molecule has 1 aromatic rings. The first-order valence-electron chi connectivity index (χ1n) is 8.11. The molecule has 3 heterocycles. The van der Waals surface area contributed by atoms with E-state index < -0.39 is 6.10 Å². The molecular weight excluding hydrogens is 282 g/mol. The van der Waals surface area contributed by atoms with E-state index in [0.717, 1.165) is 39.0 Å². The highest BCUT2D eigenvalue weighted by molar-refractivity contribution is 5.92. The molecule has 1 amide bonds. The number of aliphatic hydroxyl groups excluding tert-OH is 1. The van der Waals surface area contributed by atoms with Crippen molar-refractivity contribution in [2.45, 2.75) is 38.0 Å². The highest BCUT2D eigenvalue weighted by Gasteiger charge is 2.37. The van der Waals surface area contributed by atoms with Gasteiger partial charge in [0.15, 0.2) is 0 Å². The lowest BCUT2D eigenvalue weighted by molar-refractivity contribution is 0.0882. The van der Waals surface area contributed by atoms with Crippen LogP contribution in [0, 0.1) is 0 Å². The van der Waals surface area contributed by atoms with E-state index in [1.54, 1.807) is 0 Å². The Kier molecular flexibility index (Phi) is 4.75. The van der Waals surface area contributed by atoms with Crippen LogP contribution in [0.1, 0.15) is 30.3 Å². The van der Waals surface area contributed by atoms with E-state index in [9.17, 15) is 9.90 Å². The van der Waals surface area contributed by atoms with Crippen molar-refractivity contribution in [3.8, 4) is 0 Å². The van der Waals surface area contributed by atoms with Gasteiger partial charge in [0.25, 0.3) is 5.91 Å². The summed E-state index contributed by atoms with van der Waals surface area (Å²) in [4.78, 5) is 23.5. The summed E-state index contributed by atoms with van der Waals surface area (Å²) >= 11 is 0. The van der Waals surface area contributed by atoms with Crippen LogP contribution in [0.5, 0.6) is 0 Å². The van der Waals surface area contributed by atoms with Crippen LogP contribution in [0.2, 0.25) is 0 Å². The Bertz CT molecular complexity index is 484. The molecule has 2 fully saturated rings. The van der Waals surface area contributed by atoms with Crippen LogP contribution in [-0.2, 0) is 0 Å². The summed E-state index contributed by atoms with van der Waals surface area (Å²) in [6.07, 6.45) is 4.75. The average Bonchev–Trinajstić information content (AvgIpc) is 3.18. The van der Waals surface area contributed by atoms with Crippen molar-refractivity contribution in [3.05, 3.63) is 18.2 Å². The van der Waals surface area contributed by atoms with Crippen LogP contribution in [0.15, 0.2) is 12.5 Å². The van der Waals surface area contributed by atoms with E-state index in [-0.39, 0.29) is 11.9 Å². The maximum absolute atomic E-state index is 12.1. The van der Waals surface area contributed by atoms with Crippen LogP contribution < -0.4 is 5.32 Å². The van der Waals surface area contributed by atoms with Gasteiger partial charge in [0.2, 0.25) is 0 Å². The van der Waals surface area contributed by atoms with Crippen molar-refractivity contribution in [1.82, 2.24) is 25.1 Å². The lowest BCUT2D eigenvalue weighted by atomic mass is 10.0. The second-order valence-corrected chi connectivity index (χ2v) is 6.23. The van der Waals surface area contributed by atoms with Crippen LogP contribution in [0.25, 0.3) is 0 Å². The number of nitrogens with zero attached hydrogens (tertiary/aromatic N) is 3. The molecule has 2 atom stereocenters. The molecule has 3 N–H and O–H groups in total. The summed E-state index contributed by atoms with van der Waals surface area (Å²) in [5, 5.41) is 13.1. The first-order valence-corrected chi connectivity index (χ1v) is 8.11. The third-order valence-electron chi connectivity index (χ3n) is 4.90. The molecule has 0 radical (unpaired) electrons. The number of nitrogens with one attached hydrogen (secondary N) is 2. The van der Waals surface area contributed by atoms with E-state index in [4.69, 9.17) is 0 Å². The number of aromatic amines is 1. The standard InChI is InChI=1S/C15H25N5O2/c1-2-19-5-3-11(4-6-19)20-8-13(14(21)9-20)18-15(22)12-7-16-10-17-12/h7,10-11,13-14,21H,2-6,8-9H2,1H3,(H,16,17)(H,18,22)/t13-,14-/m1/s1. The van der Waals surface area contributed by atoms with Gasteiger partial charge in [0.05, 0.1) is 24.7 Å². The molecule has 7 nitrogen and oxygen atoms in total. The van der Waals surface area contributed by atoms with Gasteiger partial charge in [0, 0.05) is 19.1 Å². The molecule has 0 saturated carbocycles. The number of piperidine rings is 1. The molecule has 2 aliphatic heterocycles. The second kappa shape index (κ2) is 6.76. The first kappa shape index (κ1) is 15.5. The van der Waals surface area contributed by atoms with Crippen molar-refractivity contribution in [3.63, 3.8) is 0 Å². The fourth-order valence-corrected chi connectivity index (χ4v) is 3.48. The topological polar surface area (TPSA) is 84.5 Å². The predicted octanol–water partition coefficient (Wildman–Crippen LogP) is -0.331. The molecule has 22 heavy (non-hydrogen) atoms. The molecule has 3 rings (SSSR count).